The summed E-state index contributed by atoms with van der Waals surface area (Å²) >= 11 is 6.21. The molecule has 0 aliphatic carbocycles. The maximum absolute atomic E-state index is 6.21. The zero-order valence-electron chi connectivity index (χ0n) is 14.6. The lowest BCUT2D eigenvalue weighted by Crippen LogP contribution is -2.41. The Balaban J connectivity index is 0.00000264. The van der Waals surface area contributed by atoms with Gasteiger partial charge in [0.05, 0.1) is 11.6 Å². The summed E-state index contributed by atoms with van der Waals surface area (Å²) in [4.78, 5) is 0. The van der Waals surface area contributed by atoms with Crippen molar-refractivity contribution < 1.29 is 4.42 Å². The Bertz CT molecular complexity index is 626. The fourth-order valence-electron chi connectivity index (χ4n) is 2.99. The van der Waals surface area contributed by atoms with Gasteiger partial charge < -0.3 is 9.73 Å². The molecule has 128 valence electrons. The van der Waals surface area contributed by atoms with Gasteiger partial charge >= 0.3 is 0 Å². The fourth-order valence-corrected chi connectivity index (χ4v) is 3.22. The monoisotopic (exact) mass is 355 g/mol. The SMILES string of the molecule is CC(C)(C)CC(C)(C)NCc1ccc(-c2ccccc2Cl)o1.Cl. The van der Waals surface area contributed by atoms with Gasteiger partial charge in [-0.1, -0.05) is 44.5 Å². The number of furan rings is 1. The van der Waals surface area contributed by atoms with Crippen LogP contribution < -0.4 is 5.32 Å². The maximum atomic E-state index is 6.21. The Hall–Kier alpha value is -0.960. The molecule has 0 spiro atoms. The molecule has 4 heteroatoms. The van der Waals surface area contributed by atoms with Gasteiger partial charge in [-0.2, -0.15) is 0 Å². The molecule has 1 N–H and O–H groups in total. The lowest BCUT2D eigenvalue weighted by molar-refractivity contribution is 0.236. The lowest BCUT2D eigenvalue weighted by Gasteiger charge is -2.33. The second kappa shape index (κ2) is 7.74. The minimum Gasteiger partial charge on any atom is -0.460 e. The molecule has 0 amide bonds. The molecule has 1 aromatic carbocycles. The number of nitrogens with one attached hydrogen (secondary N) is 1. The van der Waals surface area contributed by atoms with E-state index >= 15 is 0 Å². The van der Waals surface area contributed by atoms with Crippen molar-refractivity contribution in [3.05, 3.63) is 47.2 Å². The van der Waals surface area contributed by atoms with Crippen LogP contribution in [-0.4, -0.2) is 5.54 Å². The summed E-state index contributed by atoms with van der Waals surface area (Å²) in [6.45, 7) is 12.0. The van der Waals surface area contributed by atoms with Crippen LogP contribution >= 0.6 is 24.0 Å². The van der Waals surface area contributed by atoms with Crippen LogP contribution in [0.1, 0.15) is 46.8 Å². The molecular weight excluding hydrogens is 329 g/mol. The first kappa shape index (κ1) is 20.1. The second-order valence-corrected chi connectivity index (χ2v) is 8.13. The summed E-state index contributed by atoms with van der Waals surface area (Å²) in [5.74, 6) is 1.74. The van der Waals surface area contributed by atoms with Crippen LogP contribution in [0.2, 0.25) is 5.02 Å². The van der Waals surface area contributed by atoms with Gasteiger partial charge in [-0.15, -0.1) is 12.4 Å². The summed E-state index contributed by atoms with van der Waals surface area (Å²) in [5, 5.41) is 4.30. The molecule has 1 aromatic heterocycles. The van der Waals surface area contributed by atoms with Crippen molar-refractivity contribution in [2.24, 2.45) is 5.41 Å². The highest BCUT2D eigenvalue weighted by molar-refractivity contribution is 6.33. The van der Waals surface area contributed by atoms with Gasteiger partial charge in [-0.25, -0.2) is 0 Å². The van der Waals surface area contributed by atoms with Crippen molar-refractivity contribution >= 4 is 24.0 Å². The first-order chi connectivity index (χ1) is 10.2. The van der Waals surface area contributed by atoms with Crippen molar-refractivity contribution in [3.8, 4) is 11.3 Å². The van der Waals surface area contributed by atoms with E-state index in [2.05, 4.69) is 39.9 Å². The van der Waals surface area contributed by atoms with E-state index in [9.17, 15) is 0 Å². The molecule has 0 atom stereocenters. The van der Waals surface area contributed by atoms with Gasteiger partial charge in [0.25, 0.3) is 0 Å². The highest BCUT2D eigenvalue weighted by atomic mass is 35.5. The maximum Gasteiger partial charge on any atom is 0.135 e. The van der Waals surface area contributed by atoms with Crippen LogP contribution in [0.5, 0.6) is 0 Å². The minimum atomic E-state index is 0. The molecule has 0 saturated heterocycles. The van der Waals surface area contributed by atoms with Crippen LogP contribution in [0, 0.1) is 5.41 Å². The van der Waals surface area contributed by atoms with Crippen molar-refractivity contribution in [1.82, 2.24) is 5.32 Å². The molecule has 2 rings (SSSR count). The highest BCUT2D eigenvalue weighted by Crippen LogP contribution is 2.30. The molecule has 0 aliphatic heterocycles. The quantitative estimate of drug-likeness (QED) is 0.677. The Labute approximate surface area is 151 Å². The van der Waals surface area contributed by atoms with E-state index in [0.717, 1.165) is 23.5 Å². The molecule has 0 bridgehead atoms. The third kappa shape index (κ3) is 6.21. The number of rotatable bonds is 5. The normalized spacial score (nSPS) is 12.1. The third-order valence-corrected chi connectivity index (χ3v) is 3.84. The molecule has 0 saturated carbocycles. The summed E-state index contributed by atoms with van der Waals surface area (Å²) in [6, 6.07) is 11.7. The van der Waals surface area contributed by atoms with Crippen LogP contribution in [0.4, 0.5) is 0 Å². The van der Waals surface area contributed by atoms with E-state index in [1.165, 1.54) is 0 Å². The predicted molar refractivity (Wildman–Crippen MR) is 101 cm³/mol. The molecule has 0 unspecified atom stereocenters. The minimum absolute atomic E-state index is 0. The number of benzene rings is 1. The molecule has 2 nitrogen and oxygen atoms in total. The lowest BCUT2D eigenvalue weighted by atomic mass is 9.82. The van der Waals surface area contributed by atoms with E-state index in [0.29, 0.717) is 17.0 Å². The molecule has 0 aliphatic rings. The first-order valence-electron chi connectivity index (χ1n) is 7.75. The van der Waals surface area contributed by atoms with Gasteiger partial charge in [0.1, 0.15) is 11.5 Å². The van der Waals surface area contributed by atoms with Crippen LogP contribution in [0.15, 0.2) is 40.8 Å². The third-order valence-electron chi connectivity index (χ3n) is 3.51. The summed E-state index contributed by atoms with van der Waals surface area (Å²) in [5.41, 5.74) is 1.29. The van der Waals surface area contributed by atoms with Crippen LogP contribution in [0.25, 0.3) is 11.3 Å². The Morgan fingerprint density at radius 1 is 1.00 bits per heavy atom. The smallest absolute Gasteiger partial charge is 0.135 e. The largest absolute Gasteiger partial charge is 0.460 e. The van der Waals surface area contributed by atoms with Gasteiger partial charge in [-0.05, 0) is 49.9 Å². The van der Waals surface area contributed by atoms with Crippen molar-refractivity contribution in [2.45, 2.75) is 53.1 Å². The average molecular weight is 356 g/mol. The molecule has 1 heterocycles. The van der Waals surface area contributed by atoms with E-state index in [-0.39, 0.29) is 17.9 Å². The van der Waals surface area contributed by atoms with E-state index in [1.807, 2.05) is 36.4 Å². The number of halogens is 2. The predicted octanol–water partition coefficient (Wildman–Crippen LogP) is 6.33. The van der Waals surface area contributed by atoms with Crippen molar-refractivity contribution in [1.29, 1.82) is 0 Å². The molecule has 23 heavy (non-hydrogen) atoms. The highest BCUT2D eigenvalue weighted by Gasteiger charge is 2.25. The average Bonchev–Trinajstić information content (AvgIpc) is 2.83. The standard InChI is InChI=1S/C19H26ClNO.ClH/c1-18(2,3)13-19(4,5)21-12-14-10-11-17(22-14)15-8-6-7-9-16(15)20;/h6-11,21H,12-13H2,1-5H3;1H. The van der Waals surface area contributed by atoms with E-state index in [1.54, 1.807) is 0 Å². The van der Waals surface area contributed by atoms with Crippen molar-refractivity contribution in [3.63, 3.8) is 0 Å². The summed E-state index contributed by atoms with van der Waals surface area (Å²) in [7, 11) is 0. The zero-order chi connectivity index (χ0) is 16.4. The van der Waals surface area contributed by atoms with E-state index in [4.69, 9.17) is 16.0 Å². The van der Waals surface area contributed by atoms with Crippen LogP contribution in [0.3, 0.4) is 0 Å². The van der Waals surface area contributed by atoms with Crippen molar-refractivity contribution in [2.75, 3.05) is 0 Å². The Morgan fingerprint density at radius 2 is 1.65 bits per heavy atom. The van der Waals surface area contributed by atoms with Gasteiger partial charge in [0.2, 0.25) is 0 Å². The van der Waals surface area contributed by atoms with Gasteiger partial charge in [0, 0.05) is 11.1 Å². The molecule has 0 fully saturated rings. The zero-order valence-corrected chi connectivity index (χ0v) is 16.1. The second-order valence-electron chi connectivity index (χ2n) is 7.72. The summed E-state index contributed by atoms with van der Waals surface area (Å²) in [6.07, 6.45) is 1.10. The fraction of sp³-hybridized carbons (Fsp3) is 0.474. The molecular formula is C19H27Cl2NO. The number of hydrogen-bond donors (Lipinski definition) is 1. The Kier molecular flexibility index (Phi) is 6.76. The first-order valence-corrected chi connectivity index (χ1v) is 8.13. The van der Waals surface area contributed by atoms with Gasteiger partial charge in [0.15, 0.2) is 0 Å². The van der Waals surface area contributed by atoms with E-state index < -0.39 is 0 Å². The number of hydrogen-bond acceptors (Lipinski definition) is 2. The van der Waals surface area contributed by atoms with Gasteiger partial charge in [-0.3, -0.25) is 0 Å². The molecule has 2 aromatic rings. The summed E-state index contributed by atoms with van der Waals surface area (Å²) < 4.78 is 5.93. The van der Waals surface area contributed by atoms with Crippen LogP contribution in [-0.2, 0) is 6.54 Å². The Morgan fingerprint density at radius 3 is 2.26 bits per heavy atom. The molecule has 0 radical (unpaired) electrons. The topological polar surface area (TPSA) is 25.2 Å².